The topological polar surface area (TPSA) is 40.5 Å². The number of thiophene rings is 1. The van der Waals surface area contributed by atoms with Crippen LogP contribution < -0.4 is 0 Å². The molecule has 5 heteroatoms. The zero-order chi connectivity index (χ0) is 13.7. The van der Waals surface area contributed by atoms with Crippen molar-refractivity contribution < 1.29 is 9.90 Å². The van der Waals surface area contributed by atoms with Gasteiger partial charge in [0.25, 0.3) is 0 Å². The van der Waals surface area contributed by atoms with Crippen molar-refractivity contribution >= 4 is 39.2 Å². The molecule has 2 heterocycles. The van der Waals surface area contributed by atoms with E-state index >= 15 is 0 Å². The molecular weight excluding hydrogens is 326 g/mol. The fourth-order valence-electron chi connectivity index (χ4n) is 2.32. The first-order valence-corrected chi connectivity index (χ1v) is 8.16. The van der Waals surface area contributed by atoms with Crippen LogP contribution in [0.2, 0.25) is 0 Å². The second kappa shape index (κ2) is 7.22. The predicted octanol–water partition coefficient (Wildman–Crippen LogP) is 3.29. The predicted molar refractivity (Wildman–Crippen MR) is 82.1 cm³/mol. The highest BCUT2D eigenvalue weighted by Crippen LogP contribution is 2.23. The summed E-state index contributed by atoms with van der Waals surface area (Å²) in [6.45, 7) is 0.812. The lowest BCUT2D eigenvalue weighted by Crippen LogP contribution is -2.41. The van der Waals surface area contributed by atoms with Gasteiger partial charge in [0, 0.05) is 17.5 Å². The van der Waals surface area contributed by atoms with Crippen LogP contribution in [0, 0.1) is 0 Å². The Labute approximate surface area is 126 Å². The maximum absolute atomic E-state index is 12.2. The van der Waals surface area contributed by atoms with Crippen molar-refractivity contribution in [1.29, 1.82) is 0 Å². The Kier molecular flexibility index (Phi) is 5.60. The number of likely N-dealkylation sites (tertiary alicyclic amines) is 1. The highest BCUT2D eigenvalue weighted by molar-refractivity contribution is 9.11. The molecule has 1 aromatic heterocycles. The van der Waals surface area contributed by atoms with Crippen molar-refractivity contribution in [3.05, 3.63) is 26.9 Å². The summed E-state index contributed by atoms with van der Waals surface area (Å²) in [7, 11) is 0. The van der Waals surface area contributed by atoms with Crippen molar-refractivity contribution in [2.75, 3.05) is 13.2 Å². The van der Waals surface area contributed by atoms with E-state index in [0.717, 1.165) is 40.9 Å². The fraction of sp³-hybridized carbons (Fsp3) is 0.500. The summed E-state index contributed by atoms with van der Waals surface area (Å²) >= 11 is 5.00. The maximum atomic E-state index is 12.2. The van der Waals surface area contributed by atoms with Crippen LogP contribution >= 0.6 is 27.3 Å². The molecule has 1 amide bonds. The van der Waals surface area contributed by atoms with Crippen molar-refractivity contribution in [2.45, 2.75) is 31.7 Å². The average molecular weight is 344 g/mol. The summed E-state index contributed by atoms with van der Waals surface area (Å²) in [5.74, 6) is 0.00507. The molecule has 104 valence electrons. The van der Waals surface area contributed by atoms with E-state index in [0.29, 0.717) is 0 Å². The molecule has 0 aromatic carbocycles. The lowest BCUT2D eigenvalue weighted by atomic mass is 10.1. The molecule has 1 aromatic rings. The lowest BCUT2D eigenvalue weighted by Gasteiger charge is -2.27. The molecule has 2 rings (SSSR count). The Balaban J connectivity index is 2.02. The number of hydrogen-bond donors (Lipinski definition) is 1. The second-order valence-electron chi connectivity index (χ2n) is 4.69. The highest BCUT2D eigenvalue weighted by atomic mass is 79.9. The summed E-state index contributed by atoms with van der Waals surface area (Å²) in [6.07, 6.45) is 7.63. The Morgan fingerprint density at radius 2 is 2.32 bits per heavy atom. The van der Waals surface area contributed by atoms with Gasteiger partial charge in [-0.1, -0.05) is 12.8 Å². The van der Waals surface area contributed by atoms with Crippen LogP contribution in [0.25, 0.3) is 6.08 Å². The van der Waals surface area contributed by atoms with Gasteiger partial charge < -0.3 is 10.0 Å². The third kappa shape index (κ3) is 4.16. The molecule has 19 heavy (non-hydrogen) atoms. The standard InChI is InChI=1S/C14H18BrNO2S/c15-13-7-5-12(19-13)6-8-14(18)16-9-3-1-2-4-11(16)10-17/h5-8,11,17H,1-4,9-10H2/b8-6+. The largest absolute Gasteiger partial charge is 0.394 e. The molecule has 1 fully saturated rings. The van der Waals surface area contributed by atoms with Gasteiger partial charge in [-0.3, -0.25) is 4.79 Å². The molecule has 0 bridgehead atoms. The van der Waals surface area contributed by atoms with Gasteiger partial charge in [-0.05, 0) is 47.0 Å². The summed E-state index contributed by atoms with van der Waals surface area (Å²) < 4.78 is 1.06. The summed E-state index contributed by atoms with van der Waals surface area (Å²) in [4.78, 5) is 15.1. The molecule has 0 spiro atoms. The molecule has 0 radical (unpaired) electrons. The maximum Gasteiger partial charge on any atom is 0.246 e. The lowest BCUT2D eigenvalue weighted by molar-refractivity contribution is -0.129. The molecule has 1 saturated heterocycles. The van der Waals surface area contributed by atoms with E-state index < -0.39 is 0 Å². The van der Waals surface area contributed by atoms with E-state index in [1.54, 1.807) is 17.4 Å². The summed E-state index contributed by atoms with van der Waals surface area (Å²) in [5.41, 5.74) is 0. The molecule has 1 unspecified atom stereocenters. The van der Waals surface area contributed by atoms with Gasteiger partial charge in [-0.2, -0.15) is 0 Å². The third-order valence-corrected chi connectivity index (χ3v) is 4.94. The molecule has 0 aliphatic carbocycles. The first-order chi connectivity index (χ1) is 9.20. The smallest absolute Gasteiger partial charge is 0.246 e. The number of carbonyl (C=O) groups excluding carboxylic acids is 1. The van der Waals surface area contributed by atoms with E-state index in [-0.39, 0.29) is 18.6 Å². The molecule has 1 N–H and O–H groups in total. The first-order valence-electron chi connectivity index (χ1n) is 6.55. The van der Waals surface area contributed by atoms with Crippen molar-refractivity contribution in [3.63, 3.8) is 0 Å². The van der Waals surface area contributed by atoms with Crippen molar-refractivity contribution in [3.8, 4) is 0 Å². The number of rotatable bonds is 3. The second-order valence-corrected chi connectivity index (χ2v) is 7.19. The van der Waals surface area contributed by atoms with E-state index in [1.165, 1.54) is 0 Å². The molecule has 1 atom stereocenters. The Morgan fingerprint density at radius 3 is 3.00 bits per heavy atom. The Bertz CT molecular complexity index is 458. The minimum atomic E-state index is -0.0188. The van der Waals surface area contributed by atoms with Crippen LogP contribution in [-0.4, -0.2) is 35.1 Å². The van der Waals surface area contributed by atoms with Crippen molar-refractivity contribution in [1.82, 2.24) is 4.90 Å². The normalized spacial score (nSPS) is 20.7. The molecule has 1 aliphatic heterocycles. The SMILES string of the molecule is O=C(/C=C/c1ccc(Br)s1)N1CCCCCC1CO. The summed E-state index contributed by atoms with van der Waals surface area (Å²) in [6, 6.07) is 3.93. The Hall–Kier alpha value is -0.650. The van der Waals surface area contributed by atoms with E-state index in [4.69, 9.17) is 0 Å². The molecular formula is C14H18BrNO2S. The van der Waals surface area contributed by atoms with Gasteiger partial charge >= 0.3 is 0 Å². The minimum absolute atomic E-state index is 0.00507. The zero-order valence-corrected chi connectivity index (χ0v) is 13.1. The number of amides is 1. The monoisotopic (exact) mass is 343 g/mol. The van der Waals surface area contributed by atoms with Crippen LogP contribution in [0.4, 0.5) is 0 Å². The van der Waals surface area contributed by atoms with E-state index in [1.807, 2.05) is 23.1 Å². The number of halogens is 1. The fourth-order valence-corrected chi connectivity index (χ4v) is 3.65. The highest BCUT2D eigenvalue weighted by Gasteiger charge is 2.23. The average Bonchev–Trinajstić information content (AvgIpc) is 2.69. The number of nitrogens with zero attached hydrogens (tertiary/aromatic N) is 1. The van der Waals surface area contributed by atoms with Crippen LogP contribution in [0.5, 0.6) is 0 Å². The molecule has 3 nitrogen and oxygen atoms in total. The van der Waals surface area contributed by atoms with Crippen molar-refractivity contribution in [2.24, 2.45) is 0 Å². The number of carbonyl (C=O) groups is 1. The zero-order valence-electron chi connectivity index (χ0n) is 10.7. The van der Waals surface area contributed by atoms with Gasteiger partial charge in [0.1, 0.15) is 0 Å². The van der Waals surface area contributed by atoms with Gasteiger partial charge in [0.2, 0.25) is 5.91 Å². The van der Waals surface area contributed by atoms with Crippen LogP contribution in [-0.2, 0) is 4.79 Å². The number of aliphatic hydroxyl groups excluding tert-OH is 1. The van der Waals surface area contributed by atoms with Gasteiger partial charge in [0.05, 0.1) is 16.4 Å². The minimum Gasteiger partial charge on any atom is -0.394 e. The quantitative estimate of drug-likeness (QED) is 0.855. The Morgan fingerprint density at radius 1 is 1.47 bits per heavy atom. The van der Waals surface area contributed by atoms with Gasteiger partial charge in [-0.15, -0.1) is 11.3 Å². The van der Waals surface area contributed by atoms with E-state index in [9.17, 15) is 9.90 Å². The van der Waals surface area contributed by atoms with Crippen LogP contribution in [0.3, 0.4) is 0 Å². The first kappa shape index (κ1) is 14.8. The third-order valence-electron chi connectivity index (χ3n) is 3.36. The molecule has 1 aliphatic rings. The molecule has 0 saturated carbocycles. The van der Waals surface area contributed by atoms with Crippen LogP contribution in [0.1, 0.15) is 30.6 Å². The summed E-state index contributed by atoms with van der Waals surface area (Å²) in [5, 5.41) is 9.40. The number of hydrogen-bond acceptors (Lipinski definition) is 3. The van der Waals surface area contributed by atoms with E-state index in [2.05, 4.69) is 15.9 Å². The van der Waals surface area contributed by atoms with Crippen LogP contribution in [0.15, 0.2) is 22.0 Å². The number of aliphatic hydroxyl groups is 1. The van der Waals surface area contributed by atoms with Gasteiger partial charge in [-0.25, -0.2) is 0 Å². The van der Waals surface area contributed by atoms with Gasteiger partial charge in [0.15, 0.2) is 0 Å².